The quantitative estimate of drug-likeness (QED) is 0.213. The number of carboxylic acid groups (broad SMARTS) is 1. The van der Waals surface area contributed by atoms with Gasteiger partial charge in [0.2, 0.25) is 11.9 Å². The molecule has 0 saturated heterocycles. The molecule has 1 atom stereocenters. The first-order chi connectivity index (χ1) is 18.9. The first kappa shape index (κ1) is 28.8. The van der Waals surface area contributed by atoms with Crippen molar-refractivity contribution in [3.8, 4) is 6.01 Å². The van der Waals surface area contributed by atoms with Gasteiger partial charge in [0.05, 0.1) is 5.54 Å². The van der Waals surface area contributed by atoms with Crippen LogP contribution in [0.4, 0.5) is 30.8 Å². The van der Waals surface area contributed by atoms with Gasteiger partial charge in [-0.2, -0.15) is 28.1 Å². The third kappa shape index (κ3) is 7.93. The molecule has 6 N–H and O–H groups in total. The van der Waals surface area contributed by atoms with Gasteiger partial charge in [0, 0.05) is 22.8 Å². The first-order valence-electron chi connectivity index (χ1n) is 12.1. The lowest BCUT2D eigenvalue weighted by Gasteiger charge is -2.19. The molecule has 11 nitrogen and oxygen atoms in total. The number of hydrogen-bond acceptors (Lipinski definition) is 9. The summed E-state index contributed by atoms with van der Waals surface area (Å²) in [5.41, 5.74) is 6.56. The SMILES string of the molecule is N[C@H](CCNC(=O)c1ccc(Nc2nc(NC3(c4ccc(Cl)cc4)CC3)nc(OCC(F)(F)F)n2)cc1)C(=O)O. The highest BCUT2D eigenvalue weighted by Gasteiger charge is 2.45. The molecule has 2 aromatic carbocycles. The Hall–Kier alpha value is -4.17. The van der Waals surface area contributed by atoms with Gasteiger partial charge in [-0.05, 0) is 61.2 Å². The van der Waals surface area contributed by atoms with Crippen molar-refractivity contribution < 1.29 is 32.6 Å². The topological polar surface area (TPSA) is 164 Å². The maximum absolute atomic E-state index is 12.8. The number of halogens is 4. The van der Waals surface area contributed by atoms with Crippen LogP contribution in [0.25, 0.3) is 0 Å². The van der Waals surface area contributed by atoms with Gasteiger partial charge in [0.25, 0.3) is 5.91 Å². The number of anilines is 3. The fourth-order valence-electron chi connectivity index (χ4n) is 3.67. The van der Waals surface area contributed by atoms with E-state index in [4.69, 9.17) is 27.2 Å². The van der Waals surface area contributed by atoms with E-state index in [9.17, 15) is 22.8 Å². The van der Waals surface area contributed by atoms with E-state index in [1.165, 1.54) is 12.1 Å². The van der Waals surface area contributed by atoms with Crippen molar-refractivity contribution in [2.45, 2.75) is 37.0 Å². The van der Waals surface area contributed by atoms with E-state index >= 15 is 0 Å². The molecule has 1 amide bonds. The Morgan fingerprint density at radius 2 is 1.70 bits per heavy atom. The Kier molecular flexibility index (Phi) is 8.59. The number of hydrogen-bond donors (Lipinski definition) is 5. The van der Waals surface area contributed by atoms with Crippen LogP contribution in [-0.4, -0.2) is 57.3 Å². The molecule has 0 unspecified atom stereocenters. The Labute approximate surface area is 231 Å². The summed E-state index contributed by atoms with van der Waals surface area (Å²) < 4.78 is 43.1. The zero-order chi connectivity index (χ0) is 28.9. The molecule has 1 aliphatic rings. The van der Waals surface area contributed by atoms with Gasteiger partial charge in [-0.3, -0.25) is 9.59 Å². The van der Waals surface area contributed by atoms with Gasteiger partial charge in [0.1, 0.15) is 6.04 Å². The summed E-state index contributed by atoms with van der Waals surface area (Å²) in [5, 5.41) is 18.0. The molecule has 40 heavy (non-hydrogen) atoms. The Bertz CT molecular complexity index is 1350. The lowest BCUT2D eigenvalue weighted by molar-refractivity contribution is -0.154. The maximum Gasteiger partial charge on any atom is 0.422 e. The second-order valence-electron chi connectivity index (χ2n) is 9.07. The monoisotopic (exact) mass is 579 g/mol. The number of carboxylic acids is 1. The lowest BCUT2D eigenvalue weighted by atomic mass is 10.1. The van der Waals surface area contributed by atoms with Crippen molar-refractivity contribution in [1.82, 2.24) is 20.3 Å². The minimum atomic E-state index is -4.59. The summed E-state index contributed by atoms with van der Waals surface area (Å²) >= 11 is 5.99. The number of carbonyl (C=O) groups is 2. The second kappa shape index (κ2) is 11.9. The Morgan fingerprint density at radius 3 is 2.30 bits per heavy atom. The highest BCUT2D eigenvalue weighted by Crippen LogP contribution is 2.48. The maximum atomic E-state index is 12.8. The minimum absolute atomic E-state index is 0.0118. The van der Waals surface area contributed by atoms with Crippen LogP contribution in [0.3, 0.4) is 0 Å². The number of amides is 1. The van der Waals surface area contributed by atoms with Crippen LogP contribution < -0.4 is 26.4 Å². The number of rotatable bonds is 12. The first-order valence-corrected chi connectivity index (χ1v) is 12.4. The van der Waals surface area contributed by atoms with E-state index in [1.54, 1.807) is 24.3 Å². The molecular weight excluding hydrogens is 555 g/mol. The summed E-state index contributed by atoms with van der Waals surface area (Å²) in [7, 11) is 0. The van der Waals surface area contributed by atoms with E-state index in [0.29, 0.717) is 16.3 Å². The Morgan fingerprint density at radius 1 is 1.05 bits per heavy atom. The molecular formula is C25H25ClF3N7O4. The van der Waals surface area contributed by atoms with Gasteiger partial charge >= 0.3 is 18.2 Å². The molecule has 4 rings (SSSR count). The highest BCUT2D eigenvalue weighted by molar-refractivity contribution is 6.30. The average molecular weight is 580 g/mol. The number of nitrogens with two attached hydrogens (primary N) is 1. The predicted octanol–water partition coefficient (Wildman–Crippen LogP) is 3.84. The van der Waals surface area contributed by atoms with Crippen molar-refractivity contribution in [2.24, 2.45) is 5.73 Å². The summed E-state index contributed by atoms with van der Waals surface area (Å²) in [5.74, 6) is -1.67. The molecule has 1 fully saturated rings. The normalized spacial score (nSPS) is 14.6. The van der Waals surface area contributed by atoms with Gasteiger partial charge in [0.15, 0.2) is 6.61 Å². The van der Waals surface area contributed by atoms with Gasteiger partial charge in [-0.15, -0.1) is 0 Å². The molecule has 1 saturated carbocycles. The molecule has 0 spiro atoms. The van der Waals surface area contributed by atoms with Crippen LogP contribution in [0, 0.1) is 0 Å². The van der Waals surface area contributed by atoms with E-state index in [1.807, 2.05) is 12.1 Å². The highest BCUT2D eigenvalue weighted by atomic mass is 35.5. The molecule has 1 aliphatic carbocycles. The van der Waals surface area contributed by atoms with Crippen molar-refractivity contribution in [3.63, 3.8) is 0 Å². The summed E-state index contributed by atoms with van der Waals surface area (Å²) in [6, 6.07) is 11.6. The second-order valence-corrected chi connectivity index (χ2v) is 9.51. The van der Waals surface area contributed by atoms with Crippen molar-refractivity contribution in [1.29, 1.82) is 0 Å². The summed E-state index contributed by atoms with van der Waals surface area (Å²) in [4.78, 5) is 35.3. The molecule has 1 aromatic heterocycles. The van der Waals surface area contributed by atoms with Crippen LogP contribution in [0.1, 0.15) is 35.2 Å². The van der Waals surface area contributed by atoms with Crippen LogP contribution in [-0.2, 0) is 10.3 Å². The van der Waals surface area contributed by atoms with Gasteiger partial charge < -0.3 is 31.5 Å². The number of alkyl halides is 3. The van der Waals surface area contributed by atoms with E-state index in [2.05, 4.69) is 30.9 Å². The van der Waals surface area contributed by atoms with E-state index in [-0.39, 0.29) is 24.9 Å². The number of carbonyl (C=O) groups excluding carboxylic acids is 1. The van der Waals surface area contributed by atoms with Crippen LogP contribution in [0.2, 0.25) is 5.02 Å². The van der Waals surface area contributed by atoms with Crippen molar-refractivity contribution in [3.05, 3.63) is 64.7 Å². The Balaban J connectivity index is 1.47. The number of aromatic nitrogens is 3. The number of nitrogens with zero attached hydrogens (tertiary/aromatic N) is 3. The molecule has 212 valence electrons. The average Bonchev–Trinajstić information content (AvgIpc) is 3.68. The van der Waals surface area contributed by atoms with Gasteiger partial charge in [-0.1, -0.05) is 23.7 Å². The third-order valence-corrected chi connectivity index (χ3v) is 6.19. The number of nitrogens with one attached hydrogen (secondary N) is 3. The fraction of sp³-hybridized carbons (Fsp3) is 0.320. The molecule has 0 radical (unpaired) electrons. The summed E-state index contributed by atoms with van der Waals surface area (Å²) in [6.07, 6.45) is -3.04. The number of benzene rings is 2. The molecule has 1 heterocycles. The molecule has 15 heteroatoms. The summed E-state index contributed by atoms with van der Waals surface area (Å²) in [6.45, 7) is -1.51. The minimum Gasteiger partial charge on any atom is -0.480 e. The van der Waals surface area contributed by atoms with Gasteiger partial charge in [-0.25, -0.2) is 0 Å². The number of ether oxygens (including phenoxy) is 1. The van der Waals surface area contributed by atoms with Crippen LogP contribution in [0.5, 0.6) is 6.01 Å². The van der Waals surface area contributed by atoms with E-state index < -0.39 is 42.3 Å². The zero-order valence-electron chi connectivity index (χ0n) is 20.8. The molecule has 0 bridgehead atoms. The molecule has 0 aliphatic heterocycles. The van der Waals surface area contributed by atoms with Crippen LogP contribution >= 0.6 is 11.6 Å². The predicted molar refractivity (Wildman–Crippen MR) is 140 cm³/mol. The largest absolute Gasteiger partial charge is 0.480 e. The third-order valence-electron chi connectivity index (χ3n) is 5.94. The van der Waals surface area contributed by atoms with Crippen LogP contribution in [0.15, 0.2) is 48.5 Å². The smallest absolute Gasteiger partial charge is 0.422 e. The fourth-order valence-corrected chi connectivity index (χ4v) is 3.80. The van der Waals surface area contributed by atoms with Crippen molar-refractivity contribution in [2.75, 3.05) is 23.8 Å². The molecule has 3 aromatic rings. The van der Waals surface area contributed by atoms with Crippen molar-refractivity contribution >= 4 is 41.1 Å². The zero-order valence-corrected chi connectivity index (χ0v) is 21.6. The van der Waals surface area contributed by atoms with E-state index in [0.717, 1.165) is 18.4 Å². The standard InChI is InChI=1S/C25H25ClF3N7O4/c26-16-5-3-15(4-6-16)24(10-11-24)36-22-33-21(34-23(35-22)40-13-25(27,28)29)32-17-7-1-14(2-8-17)19(37)31-12-9-18(30)20(38)39/h1-8,18H,9-13,30H2,(H,31,37)(H,38,39)(H2,32,33,34,35,36)/t18-/m1/s1. The number of aliphatic carboxylic acids is 1. The lowest BCUT2D eigenvalue weighted by Crippen LogP contribution is -2.35.